The summed E-state index contributed by atoms with van der Waals surface area (Å²) >= 11 is 0. The minimum Gasteiger partial charge on any atom is -0.483 e. The van der Waals surface area contributed by atoms with E-state index in [1.165, 1.54) is 0 Å². The van der Waals surface area contributed by atoms with E-state index in [9.17, 15) is 5.11 Å². The van der Waals surface area contributed by atoms with Crippen molar-refractivity contribution < 1.29 is 14.9 Å². The quantitative estimate of drug-likeness (QED) is 0.703. The second-order valence-corrected chi connectivity index (χ2v) is 3.08. The second-order valence-electron chi connectivity index (χ2n) is 3.08. The summed E-state index contributed by atoms with van der Waals surface area (Å²) in [4.78, 5) is 4.08. The summed E-state index contributed by atoms with van der Waals surface area (Å²) in [7, 11) is 0. The molecule has 1 aliphatic rings. The standard InChI is InChI=1S/C10H11NO3/c12-6-10-8(13)5-9(14-10)7-3-1-2-4-11-7/h1-5,8,10,12-13H,6H2/t8-,10+/m0/s1. The van der Waals surface area contributed by atoms with Gasteiger partial charge in [0.1, 0.15) is 17.6 Å². The van der Waals surface area contributed by atoms with Crippen LogP contribution in [0.1, 0.15) is 5.69 Å². The lowest BCUT2D eigenvalue weighted by Gasteiger charge is -2.12. The van der Waals surface area contributed by atoms with Gasteiger partial charge in [-0.3, -0.25) is 4.98 Å². The fourth-order valence-electron chi connectivity index (χ4n) is 1.33. The highest BCUT2D eigenvalue weighted by Crippen LogP contribution is 2.24. The van der Waals surface area contributed by atoms with Gasteiger partial charge in [-0.05, 0) is 18.2 Å². The fourth-order valence-corrected chi connectivity index (χ4v) is 1.33. The fraction of sp³-hybridized carbons (Fsp3) is 0.300. The third-order valence-corrected chi connectivity index (χ3v) is 2.08. The molecule has 1 aliphatic heterocycles. The second kappa shape index (κ2) is 3.77. The topological polar surface area (TPSA) is 62.6 Å². The average Bonchev–Trinajstić information content (AvgIpc) is 2.61. The van der Waals surface area contributed by atoms with E-state index in [1.807, 2.05) is 6.07 Å². The number of nitrogens with zero attached hydrogens (tertiary/aromatic N) is 1. The Morgan fingerprint density at radius 1 is 1.43 bits per heavy atom. The van der Waals surface area contributed by atoms with Gasteiger partial charge in [0.15, 0.2) is 6.10 Å². The molecule has 0 aliphatic carbocycles. The van der Waals surface area contributed by atoms with E-state index in [1.54, 1.807) is 24.4 Å². The molecule has 0 bridgehead atoms. The lowest BCUT2D eigenvalue weighted by atomic mass is 10.2. The van der Waals surface area contributed by atoms with Gasteiger partial charge in [-0.15, -0.1) is 0 Å². The Labute approximate surface area is 81.5 Å². The van der Waals surface area contributed by atoms with Crippen LogP contribution in [-0.2, 0) is 4.74 Å². The molecule has 0 unspecified atom stereocenters. The number of hydrogen-bond acceptors (Lipinski definition) is 4. The Morgan fingerprint density at radius 2 is 2.29 bits per heavy atom. The molecule has 1 aromatic heterocycles. The SMILES string of the molecule is OC[C@H]1OC(c2ccccn2)=C[C@@H]1O. The molecule has 0 aromatic carbocycles. The molecule has 1 aromatic rings. The van der Waals surface area contributed by atoms with Gasteiger partial charge < -0.3 is 14.9 Å². The normalized spacial score (nSPS) is 25.7. The van der Waals surface area contributed by atoms with Gasteiger partial charge in [-0.25, -0.2) is 0 Å². The lowest BCUT2D eigenvalue weighted by Crippen LogP contribution is -2.25. The van der Waals surface area contributed by atoms with Gasteiger partial charge >= 0.3 is 0 Å². The van der Waals surface area contributed by atoms with Gasteiger partial charge in [-0.1, -0.05) is 6.07 Å². The van der Waals surface area contributed by atoms with Crippen LogP contribution in [-0.4, -0.2) is 34.0 Å². The number of aliphatic hydroxyl groups excluding tert-OH is 2. The van der Waals surface area contributed by atoms with Crippen molar-refractivity contribution in [2.75, 3.05) is 6.61 Å². The Kier molecular flexibility index (Phi) is 2.47. The summed E-state index contributed by atoms with van der Waals surface area (Å²) in [5, 5.41) is 18.3. The molecule has 0 saturated carbocycles. The molecule has 2 heterocycles. The molecule has 0 saturated heterocycles. The number of hydrogen-bond donors (Lipinski definition) is 2. The summed E-state index contributed by atoms with van der Waals surface area (Å²) < 4.78 is 5.31. The van der Waals surface area contributed by atoms with Crippen LogP contribution in [0.3, 0.4) is 0 Å². The summed E-state index contributed by atoms with van der Waals surface area (Å²) in [6.07, 6.45) is 1.89. The monoisotopic (exact) mass is 193 g/mol. The van der Waals surface area contributed by atoms with Crippen molar-refractivity contribution >= 4 is 5.76 Å². The van der Waals surface area contributed by atoms with Crippen LogP contribution in [0, 0.1) is 0 Å². The smallest absolute Gasteiger partial charge is 0.151 e. The molecule has 0 spiro atoms. The van der Waals surface area contributed by atoms with Gasteiger partial charge in [-0.2, -0.15) is 0 Å². The Hall–Kier alpha value is -1.39. The van der Waals surface area contributed by atoms with E-state index >= 15 is 0 Å². The number of ether oxygens (including phenoxy) is 1. The van der Waals surface area contributed by atoms with E-state index in [0.717, 1.165) is 0 Å². The maximum atomic E-state index is 9.43. The zero-order chi connectivity index (χ0) is 9.97. The molecule has 2 rings (SSSR count). The molecular formula is C10H11NO3. The first kappa shape index (κ1) is 9.18. The zero-order valence-electron chi connectivity index (χ0n) is 7.50. The molecule has 74 valence electrons. The minimum absolute atomic E-state index is 0.200. The molecule has 4 nitrogen and oxygen atoms in total. The van der Waals surface area contributed by atoms with Crippen molar-refractivity contribution in [3.63, 3.8) is 0 Å². The van der Waals surface area contributed by atoms with Gasteiger partial charge in [0.05, 0.1) is 6.61 Å². The number of aliphatic hydroxyl groups is 2. The Morgan fingerprint density at radius 3 is 2.86 bits per heavy atom. The van der Waals surface area contributed by atoms with Gasteiger partial charge in [0.25, 0.3) is 0 Å². The summed E-state index contributed by atoms with van der Waals surface area (Å²) in [6.45, 7) is -0.200. The minimum atomic E-state index is -0.753. The number of pyridine rings is 1. The predicted molar refractivity (Wildman–Crippen MR) is 50.2 cm³/mol. The van der Waals surface area contributed by atoms with Crippen molar-refractivity contribution in [3.8, 4) is 0 Å². The van der Waals surface area contributed by atoms with E-state index < -0.39 is 12.2 Å². The molecule has 0 radical (unpaired) electrons. The van der Waals surface area contributed by atoms with Crippen LogP contribution in [0.25, 0.3) is 5.76 Å². The van der Waals surface area contributed by atoms with Crippen molar-refractivity contribution in [1.29, 1.82) is 0 Å². The van der Waals surface area contributed by atoms with Crippen LogP contribution < -0.4 is 0 Å². The largest absolute Gasteiger partial charge is 0.483 e. The van der Waals surface area contributed by atoms with Crippen LogP contribution in [0.4, 0.5) is 0 Å². The molecular weight excluding hydrogens is 182 g/mol. The highest BCUT2D eigenvalue weighted by molar-refractivity contribution is 5.58. The van der Waals surface area contributed by atoms with Gasteiger partial charge in [0.2, 0.25) is 0 Å². The van der Waals surface area contributed by atoms with Crippen molar-refractivity contribution in [1.82, 2.24) is 4.98 Å². The van der Waals surface area contributed by atoms with Crippen molar-refractivity contribution in [2.45, 2.75) is 12.2 Å². The van der Waals surface area contributed by atoms with Gasteiger partial charge in [0, 0.05) is 6.20 Å². The first-order chi connectivity index (χ1) is 6.81. The van der Waals surface area contributed by atoms with Crippen LogP contribution in [0.2, 0.25) is 0 Å². The van der Waals surface area contributed by atoms with Crippen LogP contribution >= 0.6 is 0 Å². The first-order valence-electron chi connectivity index (χ1n) is 4.40. The third kappa shape index (κ3) is 1.62. The molecule has 2 atom stereocenters. The molecule has 14 heavy (non-hydrogen) atoms. The molecule has 0 fully saturated rings. The van der Waals surface area contributed by atoms with E-state index in [2.05, 4.69) is 4.98 Å². The number of aromatic nitrogens is 1. The van der Waals surface area contributed by atoms with E-state index in [0.29, 0.717) is 11.5 Å². The molecule has 2 N–H and O–H groups in total. The Balaban J connectivity index is 2.19. The molecule has 0 amide bonds. The van der Waals surface area contributed by atoms with Crippen LogP contribution in [0.5, 0.6) is 0 Å². The number of rotatable bonds is 2. The first-order valence-corrected chi connectivity index (χ1v) is 4.40. The highest BCUT2D eigenvalue weighted by atomic mass is 16.5. The molecule has 4 heteroatoms. The van der Waals surface area contributed by atoms with Crippen LogP contribution in [0.15, 0.2) is 30.5 Å². The summed E-state index contributed by atoms with van der Waals surface area (Å²) in [5.74, 6) is 0.525. The van der Waals surface area contributed by atoms with Crippen molar-refractivity contribution in [3.05, 3.63) is 36.2 Å². The zero-order valence-corrected chi connectivity index (χ0v) is 7.50. The van der Waals surface area contributed by atoms with E-state index in [4.69, 9.17) is 9.84 Å². The predicted octanol–water partition coefficient (Wildman–Crippen LogP) is 0.174. The highest BCUT2D eigenvalue weighted by Gasteiger charge is 2.27. The van der Waals surface area contributed by atoms with E-state index in [-0.39, 0.29) is 6.61 Å². The average molecular weight is 193 g/mol. The maximum Gasteiger partial charge on any atom is 0.151 e. The maximum absolute atomic E-state index is 9.43. The Bertz CT molecular complexity index is 336. The summed E-state index contributed by atoms with van der Waals surface area (Å²) in [5.41, 5.74) is 0.669. The third-order valence-electron chi connectivity index (χ3n) is 2.08. The lowest BCUT2D eigenvalue weighted by molar-refractivity contribution is 0.0291. The van der Waals surface area contributed by atoms with Crippen molar-refractivity contribution in [2.24, 2.45) is 0 Å². The summed E-state index contributed by atoms with van der Waals surface area (Å²) in [6, 6.07) is 5.43.